The van der Waals surface area contributed by atoms with Gasteiger partial charge in [0.2, 0.25) is 5.91 Å². The molecule has 1 atom stereocenters. The van der Waals surface area contributed by atoms with E-state index in [1.165, 1.54) is 16.8 Å². The Morgan fingerprint density at radius 3 is 2.35 bits per heavy atom. The third-order valence-corrected chi connectivity index (χ3v) is 6.93. The highest BCUT2D eigenvalue weighted by Crippen LogP contribution is 2.26. The first kappa shape index (κ1) is 21.5. The zero-order valence-electron chi connectivity index (χ0n) is 19.2. The number of hydrogen-bond acceptors (Lipinski definition) is 3. The number of aryl methyl sites for hydroxylation is 3. The van der Waals surface area contributed by atoms with Crippen LogP contribution in [0.3, 0.4) is 0 Å². The minimum absolute atomic E-state index is 0.0165. The third-order valence-electron chi connectivity index (χ3n) is 6.93. The van der Waals surface area contributed by atoms with Gasteiger partial charge in [-0.15, -0.1) is 0 Å². The highest BCUT2D eigenvalue weighted by molar-refractivity contribution is 5.94. The van der Waals surface area contributed by atoms with Crippen molar-refractivity contribution in [3.05, 3.63) is 52.3 Å². The van der Waals surface area contributed by atoms with Gasteiger partial charge in [-0.3, -0.25) is 9.59 Å². The predicted molar refractivity (Wildman–Crippen MR) is 124 cm³/mol. The molecule has 4 rings (SSSR count). The van der Waals surface area contributed by atoms with Gasteiger partial charge in [0.25, 0.3) is 5.91 Å². The second-order valence-corrected chi connectivity index (χ2v) is 9.13. The number of carbonyl (C=O) groups is 2. The number of aromatic amines is 1. The molecule has 2 saturated heterocycles. The SMILES string of the molecule is Cc1cc(C)c(C(=O)N2CCC[C@@H](C(=O)N3CCN(c4cccc(C)c4C)CC3)C2)[nH]1. The number of aromatic nitrogens is 1. The summed E-state index contributed by atoms with van der Waals surface area (Å²) in [5.41, 5.74) is 6.52. The molecule has 2 aliphatic heterocycles. The number of H-pyrrole nitrogens is 1. The Morgan fingerprint density at radius 2 is 1.68 bits per heavy atom. The molecule has 1 aromatic carbocycles. The van der Waals surface area contributed by atoms with Crippen LogP contribution in [0.25, 0.3) is 0 Å². The Bertz CT molecular complexity index is 972. The van der Waals surface area contributed by atoms with E-state index < -0.39 is 0 Å². The lowest BCUT2D eigenvalue weighted by Crippen LogP contribution is -2.53. The van der Waals surface area contributed by atoms with Gasteiger partial charge in [0.05, 0.1) is 5.92 Å². The first-order valence-electron chi connectivity index (χ1n) is 11.4. The van der Waals surface area contributed by atoms with E-state index in [0.717, 1.165) is 56.8 Å². The Kier molecular flexibility index (Phi) is 6.08. The van der Waals surface area contributed by atoms with Crippen LogP contribution in [0.1, 0.15) is 45.7 Å². The first-order valence-corrected chi connectivity index (χ1v) is 11.4. The van der Waals surface area contributed by atoms with E-state index >= 15 is 0 Å². The Balaban J connectivity index is 1.37. The standard InChI is InChI=1S/C25H34N4O2/c1-17-7-5-9-22(20(17)4)27-11-13-28(14-12-27)24(30)21-8-6-10-29(16-21)25(31)23-18(2)15-19(3)26-23/h5,7,9,15,21,26H,6,8,10-14,16H2,1-4H3/t21-/m1/s1. The minimum Gasteiger partial charge on any atom is -0.368 e. The molecule has 1 N–H and O–H groups in total. The minimum atomic E-state index is -0.0960. The Hall–Kier alpha value is -2.76. The maximum absolute atomic E-state index is 13.3. The fraction of sp³-hybridized carbons (Fsp3) is 0.520. The normalized spacial score (nSPS) is 19.6. The highest BCUT2D eigenvalue weighted by atomic mass is 16.2. The van der Waals surface area contributed by atoms with E-state index in [1.807, 2.05) is 29.7 Å². The second kappa shape index (κ2) is 8.77. The largest absolute Gasteiger partial charge is 0.368 e. The zero-order valence-corrected chi connectivity index (χ0v) is 19.2. The lowest BCUT2D eigenvalue weighted by atomic mass is 9.95. The van der Waals surface area contributed by atoms with Gasteiger partial charge in [0.15, 0.2) is 0 Å². The van der Waals surface area contributed by atoms with E-state index in [9.17, 15) is 9.59 Å². The molecule has 6 nitrogen and oxygen atoms in total. The average Bonchev–Trinajstić information content (AvgIpc) is 3.12. The van der Waals surface area contributed by atoms with Crippen LogP contribution < -0.4 is 4.90 Å². The van der Waals surface area contributed by atoms with E-state index in [4.69, 9.17) is 0 Å². The number of benzene rings is 1. The monoisotopic (exact) mass is 422 g/mol. The highest BCUT2D eigenvalue weighted by Gasteiger charge is 2.33. The van der Waals surface area contributed by atoms with Crippen molar-refractivity contribution in [2.75, 3.05) is 44.2 Å². The smallest absolute Gasteiger partial charge is 0.270 e. The molecule has 0 saturated carbocycles. The van der Waals surface area contributed by atoms with Gasteiger partial charge in [-0.25, -0.2) is 0 Å². The number of nitrogens with one attached hydrogen (secondary N) is 1. The van der Waals surface area contributed by atoms with Crippen LogP contribution in [0, 0.1) is 33.6 Å². The molecule has 2 amide bonds. The number of hydrogen-bond donors (Lipinski definition) is 1. The summed E-state index contributed by atoms with van der Waals surface area (Å²) in [5.74, 6) is 0.127. The quantitative estimate of drug-likeness (QED) is 0.824. The molecular formula is C25H34N4O2. The average molecular weight is 423 g/mol. The number of piperazine rings is 1. The molecule has 2 aromatic rings. The third kappa shape index (κ3) is 4.34. The molecular weight excluding hydrogens is 388 g/mol. The van der Waals surface area contributed by atoms with Crippen molar-refractivity contribution in [2.45, 2.75) is 40.5 Å². The fourth-order valence-electron chi connectivity index (χ4n) is 4.98. The summed E-state index contributed by atoms with van der Waals surface area (Å²) in [6.45, 7) is 12.7. The Morgan fingerprint density at radius 1 is 0.935 bits per heavy atom. The summed E-state index contributed by atoms with van der Waals surface area (Å²) >= 11 is 0. The summed E-state index contributed by atoms with van der Waals surface area (Å²) in [5, 5.41) is 0. The van der Waals surface area contributed by atoms with Crippen LogP contribution in [0.4, 0.5) is 5.69 Å². The van der Waals surface area contributed by atoms with Crippen LogP contribution in [-0.4, -0.2) is 65.9 Å². The molecule has 166 valence electrons. The van der Waals surface area contributed by atoms with Gasteiger partial charge in [-0.05, 0) is 69.4 Å². The van der Waals surface area contributed by atoms with Crippen molar-refractivity contribution in [2.24, 2.45) is 5.92 Å². The number of piperidine rings is 1. The molecule has 0 bridgehead atoms. The maximum Gasteiger partial charge on any atom is 0.270 e. The van der Waals surface area contributed by atoms with Crippen molar-refractivity contribution in [3.8, 4) is 0 Å². The summed E-state index contributed by atoms with van der Waals surface area (Å²) in [4.78, 5) is 35.7. The van der Waals surface area contributed by atoms with Gasteiger partial charge in [0.1, 0.15) is 5.69 Å². The molecule has 31 heavy (non-hydrogen) atoms. The summed E-state index contributed by atoms with van der Waals surface area (Å²) in [6, 6.07) is 8.42. The van der Waals surface area contributed by atoms with Crippen molar-refractivity contribution in [1.82, 2.24) is 14.8 Å². The van der Waals surface area contributed by atoms with E-state index in [2.05, 4.69) is 41.9 Å². The van der Waals surface area contributed by atoms with Crippen LogP contribution in [0.5, 0.6) is 0 Å². The van der Waals surface area contributed by atoms with Crippen LogP contribution in [-0.2, 0) is 4.79 Å². The maximum atomic E-state index is 13.3. The molecule has 1 aromatic heterocycles. The number of anilines is 1. The summed E-state index contributed by atoms with van der Waals surface area (Å²) in [7, 11) is 0. The molecule has 0 spiro atoms. The van der Waals surface area contributed by atoms with Crippen LogP contribution in [0.15, 0.2) is 24.3 Å². The van der Waals surface area contributed by atoms with Gasteiger partial charge in [0, 0.05) is 50.6 Å². The lowest BCUT2D eigenvalue weighted by molar-refractivity contribution is -0.137. The molecule has 0 unspecified atom stereocenters. The van der Waals surface area contributed by atoms with Gasteiger partial charge >= 0.3 is 0 Å². The Labute approximate surface area is 185 Å². The first-order chi connectivity index (χ1) is 14.8. The molecule has 6 heteroatoms. The molecule has 0 aliphatic carbocycles. The van der Waals surface area contributed by atoms with Gasteiger partial charge in [-0.2, -0.15) is 0 Å². The molecule has 2 aliphatic rings. The molecule has 0 radical (unpaired) electrons. The van der Waals surface area contributed by atoms with Crippen molar-refractivity contribution >= 4 is 17.5 Å². The van der Waals surface area contributed by atoms with Crippen molar-refractivity contribution < 1.29 is 9.59 Å². The predicted octanol–water partition coefficient (Wildman–Crippen LogP) is 3.45. The van der Waals surface area contributed by atoms with E-state index in [1.54, 1.807) is 0 Å². The van der Waals surface area contributed by atoms with Crippen molar-refractivity contribution in [1.29, 1.82) is 0 Å². The van der Waals surface area contributed by atoms with E-state index in [-0.39, 0.29) is 17.7 Å². The number of amides is 2. The second-order valence-electron chi connectivity index (χ2n) is 9.13. The van der Waals surface area contributed by atoms with Crippen LogP contribution >= 0.6 is 0 Å². The number of carbonyl (C=O) groups excluding carboxylic acids is 2. The summed E-state index contributed by atoms with van der Waals surface area (Å²) < 4.78 is 0. The van der Waals surface area contributed by atoms with Crippen molar-refractivity contribution in [3.63, 3.8) is 0 Å². The topological polar surface area (TPSA) is 59.7 Å². The van der Waals surface area contributed by atoms with Crippen LogP contribution in [0.2, 0.25) is 0 Å². The van der Waals surface area contributed by atoms with E-state index in [0.29, 0.717) is 12.2 Å². The van der Waals surface area contributed by atoms with Gasteiger partial charge in [-0.1, -0.05) is 12.1 Å². The molecule has 3 heterocycles. The fourth-order valence-corrected chi connectivity index (χ4v) is 4.98. The number of likely N-dealkylation sites (tertiary alicyclic amines) is 1. The van der Waals surface area contributed by atoms with Gasteiger partial charge < -0.3 is 19.7 Å². The number of rotatable bonds is 3. The lowest BCUT2D eigenvalue weighted by Gasteiger charge is -2.40. The molecule has 2 fully saturated rings. The number of nitrogens with zero attached hydrogens (tertiary/aromatic N) is 3. The summed E-state index contributed by atoms with van der Waals surface area (Å²) in [6.07, 6.45) is 1.74. The zero-order chi connectivity index (χ0) is 22.1.